The van der Waals surface area contributed by atoms with E-state index in [0.717, 1.165) is 69.0 Å². The number of nitrogens with one attached hydrogen (secondary N) is 3. The number of hydrogen-bond donors (Lipinski definition) is 4. The van der Waals surface area contributed by atoms with Gasteiger partial charge in [-0.3, -0.25) is 0 Å². The van der Waals surface area contributed by atoms with E-state index in [9.17, 15) is 8.42 Å². The van der Waals surface area contributed by atoms with E-state index < -0.39 is 10.0 Å². The van der Waals surface area contributed by atoms with E-state index >= 15 is 0 Å². The van der Waals surface area contributed by atoms with Gasteiger partial charge in [-0.25, -0.2) is 23.1 Å². The van der Waals surface area contributed by atoms with E-state index in [4.69, 9.17) is 5.73 Å². The Bertz CT molecular complexity index is 844. The molecule has 2 rings (SSSR count). The van der Waals surface area contributed by atoms with Crippen LogP contribution in [0.4, 0.5) is 0 Å². The number of thiophene rings is 1. The third kappa shape index (κ3) is 8.96. The van der Waals surface area contributed by atoms with Gasteiger partial charge in [-0.1, -0.05) is 11.8 Å². The summed E-state index contributed by atoms with van der Waals surface area (Å²) in [7, 11) is -3.50. The summed E-state index contributed by atoms with van der Waals surface area (Å²) < 4.78 is 28.0. The molecule has 0 fully saturated rings. The number of unbranched alkanes of at least 4 members (excludes halogenated alkanes) is 1. The molecule has 0 saturated heterocycles. The lowest BCUT2D eigenvalue weighted by Gasteiger charge is -2.07. The average molecular weight is 473 g/mol. The van der Waals surface area contributed by atoms with E-state index in [-0.39, 0.29) is 0 Å². The van der Waals surface area contributed by atoms with Crippen LogP contribution >= 0.6 is 23.1 Å². The smallest absolute Gasteiger partial charge is 0.250 e. The first-order chi connectivity index (χ1) is 14.6. The molecule has 11 heteroatoms. The highest BCUT2D eigenvalue weighted by Crippen LogP contribution is 2.29. The number of nitrogens with two attached hydrogens (primary N) is 1. The summed E-state index contributed by atoms with van der Waals surface area (Å²) >= 11 is 2.67. The zero-order chi connectivity index (χ0) is 21.7. The summed E-state index contributed by atoms with van der Waals surface area (Å²) in [6.07, 6.45) is 7.57. The summed E-state index contributed by atoms with van der Waals surface area (Å²) in [5.74, 6) is 0. The highest BCUT2D eigenvalue weighted by atomic mass is 32.2. The van der Waals surface area contributed by atoms with Crippen molar-refractivity contribution in [1.82, 2.24) is 25.3 Å². The van der Waals surface area contributed by atoms with Crippen LogP contribution in [0.25, 0.3) is 10.6 Å². The molecule has 0 aliphatic carbocycles. The second-order valence-electron chi connectivity index (χ2n) is 6.65. The predicted molar refractivity (Wildman–Crippen MR) is 126 cm³/mol. The molecule has 2 aromatic heterocycles. The minimum atomic E-state index is -3.50. The van der Waals surface area contributed by atoms with Crippen LogP contribution in [0.5, 0.6) is 0 Å². The molecule has 0 radical (unpaired) electrons. The van der Waals surface area contributed by atoms with Gasteiger partial charge in [-0.2, -0.15) is 0 Å². The maximum Gasteiger partial charge on any atom is 0.250 e. The van der Waals surface area contributed by atoms with Crippen molar-refractivity contribution in [2.24, 2.45) is 5.73 Å². The Morgan fingerprint density at radius 3 is 2.40 bits per heavy atom. The molecule has 5 N–H and O–H groups in total. The molecule has 0 atom stereocenters. The Hall–Kier alpha value is -1.08. The largest absolute Gasteiger partial charge is 0.330 e. The molecule has 0 bridgehead atoms. The zero-order valence-corrected chi connectivity index (χ0v) is 19.8. The fourth-order valence-electron chi connectivity index (χ4n) is 2.65. The molecule has 2 heterocycles. The quantitative estimate of drug-likeness (QED) is 0.166. The van der Waals surface area contributed by atoms with Crippen LogP contribution in [0.3, 0.4) is 0 Å². The summed E-state index contributed by atoms with van der Waals surface area (Å²) in [5, 5.41) is 7.38. The van der Waals surface area contributed by atoms with Crippen molar-refractivity contribution in [2.45, 2.75) is 35.0 Å². The van der Waals surface area contributed by atoms with Crippen LogP contribution in [0.1, 0.15) is 25.7 Å². The number of nitrogens with zero attached hydrogens (tertiary/aromatic N) is 2. The lowest BCUT2D eigenvalue weighted by molar-refractivity contribution is 0.559. The highest BCUT2D eigenvalue weighted by Gasteiger charge is 2.17. The first kappa shape index (κ1) is 25.2. The van der Waals surface area contributed by atoms with Crippen molar-refractivity contribution in [1.29, 1.82) is 0 Å². The van der Waals surface area contributed by atoms with Crippen LogP contribution < -0.4 is 21.1 Å². The minimum Gasteiger partial charge on any atom is -0.330 e. The van der Waals surface area contributed by atoms with Gasteiger partial charge in [0.05, 0.1) is 10.6 Å². The predicted octanol–water partition coefficient (Wildman–Crippen LogP) is 1.90. The Kier molecular flexibility index (Phi) is 11.8. The third-order valence-corrected chi connectivity index (χ3v) is 7.87. The SMILES string of the molecule is CSc1nccc(-c2ccc(S(=O)(=O)NCCCNCCCCNCCCN)s2)n1. The standard InChI is InChI=1S/C19H32N6O2S3/c1-28-19-23-15-8-16(25-19)17-6-7-18(29-17)30(26,27)24-14-5-13-22-11-3-2-10-21-12-4-9-20/h6-8,15,21-22,24H,2-5,9-14,20H2,1H3. The molecule has 0 unspecified atom stereocenters. The summed E-state index contributed by atoms with van der Waals surface area (Å²) in [5.41, 5.74) is 6.18. The van der Waals surface area contributed by atoms with Gasteiger partial charge in [0.2, 0.25) is 10.0 Å². The molecular weight excluding hydrogens is 440 g/mol. The molecule has 30 heavy (non-hydrogen) atoms. The Labute approximate surface area is 187 Å². The van der Waals surface area contributed by atoms with E-state index in [1.165, 1.54) is 23.1 Å². The van der Waals surface area contributed by atoms with Gasteiger partial charge in [0, 0.05) is 12.7 Å². The second kappa shape index (κ2) is 14.1. The number of hydrogen-bond acceptors (Lipinski definition) is 9. The molecule has 0 aliphatic rings. The number of sulfonamides is 1. The van der Waals surface area contributed by atoms with Crippen LogP contribution in [0.2, 0.25) is 0 Å². The summed E-state index contributed by atoms with van der Waals surface area (Å²) in [4.78, 5) is 9.38. The van der Waals surface area contributed by atoms with Crippen LogP contribution in [-0.2, 0) is 10.0 Å². The molecule has 0 amide bonds. The van der Waals surface area contributed by atoms with Gasteiger partial charge in [-0.05, 0) is 82.9 Å². The summed E-state index contributed by atoms with van der Waals surface area (Å²) in [6, 6.07) is 5.21. The van der Waals surface area contributed by atoms with Crippen LogP contribution in [0, 0.1) is 0 Å². The topological polar surface area (TPSA) is 122 Å². The molecule has 0 saturated carbocycles. The third-order valence-electron chi connectivity index (χ3n) is 4.25. The number of rotatable bonds is 16. The van der Waals surface area contributed by atoms with Crippen molar-refractivity contribution in [2.75, 3.05) is 45.5 Å². The maximum absolute atomic E-state index is 12.5. The Balaban J connectivity index is 1.64. The van der Waals surface area contributed by atoms with Crippen LogP contribution in [0.15, 0.2) is 33.8 Å². The van der Waals surface area contributed by atoms with Gasteiger partial charge in [0.1, 0.15) is 4.21 Å². The fraction of sp³-hybridized carbons (Fsp3) is 0.579. The zero-order valence-electron chi connectivity index (χ0n) is 17.4. The summed E-state index contributed by atoms with van der Waals surface area (Å²) in [6.45, 7) is 4.86. The van der Waals surface area contributed by atoms with E-state index in [2.05, 4.69) is 25.3 Å². The molecule has 0 aliphatic heterocycles. The number of aromatic nitrogens is 2. The molecule has 2 aromatic rings. The van der Waals surface area contributed by atoms with Gasteiger partial charge in [0.15, 0.2) is 5.16 Å². The first-order valence-electron chi connectivity index (χ1n) is 10.1. The number of thioether (sulfide) groups is 1. The maximum atomic E-state index is 12.5. The van der Waals surface area contributed by atoms with Crippen molar-refractivity contribution < 1.29 is 8.42 Å². The van der Waals surface area contributed by atoms with Crippen molar-refractivity contribution >= 4 is 33.1 Å². The van der Waals surface area contributed by atoms with Gasteiger partial charge in [0.25, 0.3) is 0 Å². The van der Waals surface area contributed by atoms with Gasteiger partial charge in [-0.15, -0.1) is 11.3 Å². The van der Waals surface area contributed by atoms with Crippen LogP contribution in [-0.4, -0.2) is 63.9 Å². The van der Waals surface area contributed by atoms with E-state index in [1.54, 1.807) is 24.4 Å². The molecule has 0 aromatic carbocycles. The molecule has 0 spiro atoms. The Morgan fingerprint density at radius 1 is 1.00 bits per heavy atom. The lowest BCUT2D eigenvalue weighted by atomic mass is 10.3. The van der Waals surface area contributed by atoms with Crippen molar-refractivity contribution in [3.05, 3.63) is 24.4 Å². The average Bonchev–Trinajstić information content (AvgIpc) is 3.26. The minimum absolute atomic E-state index is 0.303. The second-order valence-corrected chi connectivity index (χ2v) is 10.5. The monoisotopic (exact) mass is 472 g/mol. The molecular formula is C19H32N6O2S3. The first-order valence-corrected chi connectivity index (χ1v) is 13.7. The van der Waals surface area contributed by atoms with Crippen molar-refractivity contribution in [3.63, 3.8) is 0 Å². The van der Waals surface area contributed by atoms with E-state index in [1.807, 2.05) is 6.26 Å². The van der Waals surface area contributed by atoms with E-state index in [0.29, 0.717) is 15.9 Å². The molecule has 8 nitrogen and oxygen atoms in total. The normalized spacial score (nSPS) is 11.8. The van der Waals surface area contributed by atoms with Crippen molar-refractivity contribution in [3.8, 4) is 10.6 Å². The Morgan fingerprint density at radius 2 is 1.70 bits per heavy atom. The van der Waals surface area contributed by atoms with Gasteiger partial charge < -0.3 is 16.4 Å². The van der Waals surface area contributed by atoms with Gasteiger partial charge >= 0.3 is 0 Å². The molecule has 168 valence electrons. The highest BCUT2D eigenvalue weighted by molar-refractivity contribution is 7.98. The fourth-order valence-corrected chi connectivity index (χ4v) is 5.40. The lowest BCUT2D eigenvalue weighted by Crippen LogP contribution is -2.27.